The van der Waals surface area contributed by atoms with Crippen molar-refractivity contribution < 1.29 is 63.5 Å². The number of anilines is 1. The number of aliphatic hydroxyl groups excluding tert-OH is 3. The predicted molar refractivity (Wildman–Crippen MR) is 253 cm³/mol. The van der Waals surface area contributed by atoms with Crippen LogP contribution in [-0.2, 0) is 38.0 Å². The van der Waals surface area contributed by atoms with Crippen LogP contribution in [0.5, 0.6) is 0 Å². The molecule has 5 rings (SSSR count). The van der Waals surface area contributed by atoms with E-state index in [0.717, 1.165) is 16.6 Å². The zero-order valence-electron chi connectivity index (χ0n) is 41.7. The molecule has 18 atom stereocenters. The van der Waals surface area contributed by atoms with Gasteiger partial charge >= 0.3 is 5.97 Å². The summed E-state index contributed by atoms with van der Waals surface area (Å²) in [4.78, 5) is 36.1. The average Bonchev–Trinajstić information content (AvgIpc) is 3.26. The van der Waals surface area contributed by atoms with Gasteiger partial charge in [0.15, 0.2) is 12.6 Å². The summed E-state index contributed by atoms with van der Waals surface area (Å²) in [5, 5.41) is 64.2. The Balaban J connectivity index is 1.47. The summed E-state index contributed by atoms with van der Waals surface area (Å²) in [6, 6.07) is 5.93. The number of esters is 1. The van der Waals surface area contributed by atoms with Crippen LogP contribution in [0.1, 0.15) is 101 Å². The number of aliphatic hydroxyl groups is 5. The zero-order chi connectivity index (χ0) is 49.9. The van der Waals surface area contributed by atoms with Gasteiger partial charge in [0.25, 0.3) is 0 Å². The number of nitrogens with zero attached hydrogens (tertiary/aromatic N) is 3. The highest BCUT2D eigenvalue weighted by atomic mass is 35.5. The molecule has 1 amide bonds. The lowest BCUT2D eigenvalue weighted by molar-refractivity contribution is -0.317. The van der Waals surface area contributed by atoms with E-state index < -0.39 is 108 Å². The van der Waals surface area contributed by atoms with E-state index in [1.807, 2.05) is 37.9 Å². The number of nitrogens with one attached hydrogen (secondary N) is 1. The van der Waals surface area contributed by atoms with E-state index in [-0.39, 0.29) is 37.5 Å². The topological polar surface area (TPSA) is 222 Å². The fourth-order valence-corrected chi connectivity index (χ4v) is 10.7. The minimum Gasteiger partial charge on any atom is -0.459 e. The summed E-state index contributed by atoms with van der Waals surface area (Å²) in [7, 11) is 4.95. The Morgan fingerprint density at radius 3 is 2.36 bits per heavy atom. The van der Waals surface area contributed by atoms with Crippen molar-refractivity contribution in [3.63, 3.8) is 0 Å². The molecule has 1 aromatic heterocycles. The van der Waals surface area contributed by atoms with Crippen LogP contribution >= 0.6 is 11.6 Å². The molecule has 67 heavy (non-hydrogen) atoms. The lowest BCUT2D eigenvalue weighted by Crippen LogP contribution is -2.61. The quantitative estimate of drug-likeness (QED) is 0.171. The van der Waals surface area contributed by atoms with Crippen LogP contribution in [0, 0.1) is 17.8 Å². The number of pyridine rings is 1. The maximum absolute atomic E-state index is 14.4. The van der Waals surface area contributed by atoms with Gasteiger partial charge in [0.2, 0.25) is 5.91 Å². The largest absolute Gasteiger partial charge is 0.459 e. The fraction of sp³-hybridized carbons (Fsp3) is 0.776. The number of halogens is 1. The fourth-order valence-electron chi connectivity index (χ4n) is 10.5. The number of hydrogen-bond donors (Lipinski definition) is 6. The van der Waals surface area contributed by atoms with Gasteiger partial charge in [-0.2, -0.15) is 0 Å². The van der Waals surface area contributed by atoms with Gasteiger partial charge < -0.3 is 69.1 Å². The van der Waals surface area contributed by atoms with E-state index in [9.17, 15) is 35.1 Å². The van der Waals surface area contributed by atoms with E-state index in [4.69, 9.17) is 40.0 Å². The lowest BCUT2D eigenvalue weighted by atomic mass is 9.77. The van der Waals surface area contributed by atoms with Gasteiger partial charge in [-0.05, 0) is 105 Å². The highest BCUT2D eigenvalue weighted by Crippen LogP contribution is 2.40. The standard InChI is InChI=1S/C49H79ClN4O13/c1-14-37-49(10,61)42(57)30(6)53(11)25-26(2)23-47(8,60)44(28(4)41(29(5)45(59)65-37)66-39-24-48(9,62-13)43(58)31(7)64-39)67-46-40(56)36(21-27(3)63-46)54(12)38(55)18-20-51-34-17-19-52-35-22-32(50)15-16-33(34)35/h15-17,19,22,26-31,36-37,39-44,46,56-58,60-61H,14,18,20-21,23-25H2,1-13H3,(H,51,52)/t26-,27-,28+,29-,30-,31+,36+,37-,39+,40-,41+,42-,43+,44-,46+,47-,48-,49-/m1/s1. The second-order valence-corrected chi connectivity index (χ2v) is 20.8. The summed E-state index contributed by atoms with van der Waals surface area (Å²) >= 11 is 6.18. The van der Waals surface area contributed by atoms with E-state index in [1.165, 1.54) is 18.9 Å². The Morgan fingerprint density at radius 2 is 1.70 bits per heavy atom. The number of likely N-dealkylation sites (N-methyl/N-ethyl adjacent to an activating group) is 2. The molecular weight excluding hydrogens is 888 g/mol. The van der Waals surface area contributed by atoms with Crippen LogP contribution in [0.3, 0.4) is 0 Å². The van der Waals surface area contributed by atoms with E-state index >= 15 is 0 Å². The van der Waals surface area contributed by atoms with Crippen LogP contribution in [0.15, 0.2) is 30.5 Å². The van der Waals surface area contributed by atoms with Crippen molar-refractivity contribution in [2.24, 2.45) is 17.8 Å². The third kappa shape index (κ3) is 12.6. The molecule has 3 aliphatic heterocycles. The number of rotatable bonds is 11. The molecule has 17 nitrogen and oxygen atoms in total. The van der Waals surface area contributed by atoms with Gasteiger partial charge in [-0.15, -0.1) is 0 Å². The Morgan fingerprint density at radius 1 is 1.01 bits per heavy atom. The molecule has 2 aromatic rings. The number of methoxy groups -OCH3 is 1. The van der Waals surface area contributed by atoms with Gasteiger partial charge in [-0.25, -0.2) is 0 Å². The molecule has 380 valence electrons. The van der Waals surface area contributed by atoms with Crippen molar-refractivity contribution in [2.75, 3.05) is 39.6 Å². The molecule has 3 aliphatic rings. The summed E-state index contributed by atoms with van der Waals surface area (Å²) in [6.45, 7) is 17.9. The van der Waals surface area contributed by atoms with Crippen molar-refractivity contribution in [3.05, 3.63) is 35.5 Å². The maximum Gasteiger partial charge on any atom is 0.311 e. The average molecular weight is 968 g/mol. The van der Waals surface area contributed by atoms with Gasteiger partial charge in [0.05, 0.1) is 53.1 Å². The van der Waals surface area contributed by atoms with Gasteiger partial charge in [0, 0.05) is 74.3 Å². The number of carbonyl (C=O) groups is 2. The van der Waals surface area contributed by atoms with Crippen molar-refractivity contribution in [1.82, 2.24) is 14.8 Å². The number of amides is 1. The first kappa shape index (κ1) is 55.2. The van der Waals surface area contributed by atoms with Crippen LogP contribution in [0.2, 0.25) is 5.02 Å². The van der Waals surface area contributed by atoms with E-state index in [2.05, 4.69) is 10.3 Å². The monoisotopic (exact) mass is 967 g/mol. The number of carbonyl (C=O) groups excluding carboxylic acids is 2. The number of hydrogen-bond acceptors (Lipinski definition) is 16. The summed E-state index contributed by atoms with van der Waals surface area (Å²) in [6.07, 6.45) is -8.19. The highest BCUT2D eigenvalue weighted by Gasteiger charge is 2.53. The molecule has 0 unspecified atom stereocenters. The number of aromatic nitrogens is 1. The van der Waals surface area contributed by atoms with E-state index in [1.54, 1.807) is 73.8 Å². The normalized spacial score (nSPS) is 40.9. The first-order chi connectivity index (χ1) is 31.3. The first-order valence-corrected chi connectivity index (χ1v) is 24.2. The second-order valence-electron chi connectivity index (χ2n) is 20.4. The number of ether oxygens (including phenoxy) is 6. The van der Waals surface area contributed by atoms with Crippen LogP contribution < -0.4 is 5.32 Å². The Bertz CT molecular complexity index is 1960. The van der Waals surface area contributed by atoms with Gasteiger partial charge in [-0.3, -0.25) is 14.6 Å². The van der Waals surface area contributed by atoms with Crippen molar-refractivity contribution in [3.8, 4) is 0 Å². The molecule has 18 heteroatoms. The third-order valence-corrected chi connectivity index (χ3v) is 15.0. The Hall–Kier alpha value is -2.78. The number of benzene rings is 1. The lowest BCUT2D eigenvalue weighted by Gasteiger charge is -2.49. The molecule has 3 fully saturated rings. The number of fused-ring (bicyclic) bond motifs is 1. The SMILES string of the molecule is CC[C@H]1OC(=O)[C@H](C)[C@@H](O[C@H]2C[C@@](C)(OC)[C@@H](O)[C@H](C)O2)[C@H](C)[C@@H](O[C@@H]2O[C@H](C)C[C@H](N(C)C(=O)CCNc3ccnc4cc(Cl)ccc34)[C@H]2O)[C@](C)(O)C[C@@H](C)CN(C)[C@H](C)[C@@H](O)[C@]1(C)O. The minimum absolute atomic E-state index is 0.0786. The minimum atomic E-state index is -1.85. The first-order valence-electron chi connectivity index (χ1n) is 23.9. The molecule has 4 heterocycles. The highest BCUT2D eigenvalue weighted by molar-refractivity contribution is 6.31. The second kappa shape index (κ2) is 22.5. The molecule has 1 aromatic carbocycles. The van der Waals surface area contributed by atoms with Crippen LogP contribution in [0.25, 0.3) is 10.9 Å². The Labute approximate surface area is 401 Å². The smallest absolute Gasteiger partial charge is 0.311 e. The van der Waals surface area contributed by atoms with Gasteiger partial charge in [0.1, 0.15) is 30.0 Å². The molecule has 0 aliphatic carbocycles. The third-order valence-electron chi connectivity index (χ3n) is 14.8. The number of cyclic esters (lactones) is 1. The molecule has 0 saturated carbocycles. The summed E-state index contributed by atoms with van der Waals surface area (Å²) in [5.41, 5.74) is -3.09. The predicted octanol–water partition coefficient (Wildman–Crippen LogP) is 4.50. The van der Waals surface area contributed by atoms with Crippen LogP contribution in [-0.4, -0.2) is 177 Å². The molecule has 0 spiro atoms. The molecular formula is C49H79ClN4O13. The summed E-state index contributed by atoms with van der Waals surface area (Å²) in [5.74, 6) is -3.15. The molecule has 6 N–H and O–H groups in total. The molecule has 3 saturated heterocycles. The van der Waals surface area contributed by atoms with Gasteiger partial charge in [-0.1, -0.05) is 32.4 Å². The maximum atomic E-state index is 14.4. The van der Waals surface area contributed by atoms with Crippen molar-refractivity contribution in [1.29, 1.82) is 0 Å². The van der Waals surface area contributed by atoms with E-state index in [0.29, 0.717) is 24.5 Å². The molecule has 0 bridgehead atoms. The van der Waals surface area contributed by atoms with Crippen LogP contribution in [0.4, 0.5) is 5.69 Å². The summed E-state index contributed by atoms with van der Waals surface area (Å²) < 4.78 is 38.0. The Kier molecular flexibility index (Phi) is 18.5. The molecule has 0 radical (unpaired) electrons. The van der Waals surface area contributed by atoms with Crippen molar-refractivity contribution >= 4 is 40.1 Å². The zero-order valence-corrected chi connectivity index (χ0v) is 42.5. The van der Waals surface area contributed by atoms with Crippen molar-refractivity contribution in [2.45, 2.75) is 192 Å².